The molecular formula is C18H10Cl2F2N3NaO4. The van der Waals surface area contributed by atoms with Crippen molar-refractivity contribution in [2.24, 2.45) is 0 Å². The van der Waals surface area contributed by atoms with Gasteiger partial charge in [0.1, 0.15) is 10.6 Å². The average Bonchev–Trinajstić information content (AvgIpc) is 3.08. The van der Waals surface area contributed by atoms with E-state index >= 15 is 0 Å². The molecule has 0 atom stereocenters. The van der Waals surface area contributed by atoms with Crippen molar-refractivity contribution in [3.8, 4) is 5.75 Å². The smallest absolute Gasteiger partial charge is 1.00 e. The van der Waals surface area contributed by atoms with E-state index < -0.39 is 18.1 Å². The summed E-state index contributed by atoms with van der Waals surface area (Å²) in [6, 6.07) is 3.99. The van der Waals surface area contributed by atoms with Crippen molar-refractivity contribution in [3.05, 3.63) is 62.8 Å². The van der Waals surface area contributed by atoms with Crippen LogP contribution in [0.4, 0.5) is 14.5 Å². The molecule has 0 unspecified atom stereocenters. The van der Waals surface area contributed by atoms with Crippen LogP contribution in [-0.2, 0) is 0 Å². The van der Waals surface area contributed by atoms with E-state index in [4.69, 9.17) is 27.6 Å². The summed E-state index contributed by atoms with van der Waals surface area (Å²) in [5, 5.41) is 2.79. The van der Waals surface area contributed by atoms with Crippen molar-refractivity contribution in [3.63, 3.8) is 0 Å². The first kappa shape index (κ1) is 22.5. The third-order valence-electron chi connectivity index (χ3n) is 4.07. The normalized spacial score (nSPS) is 11.0. The van der Waals surface area contributed by atoms with Crippen molar-refractivity contribution in [1.82, 2.24) is 9.97 Å². The van der Waals surface area contributed by atoms with Crippen LogP contribution in [0.2, 0.25) is 10.0 Å². The van der Waals surface area contributed by atoms with Gasteiger partial charge in [0.25, 0.3) is 11.5 Å². The second-order valence-corrected chi connectivity index (χ2v) is 6.56. The molecule has 0 radical (unpaired) electrons. The molecule has 0 spiro atoms. The summed E-state index contributed by atoms with van der Waals surface area (Å²) in [4.78, 5) is 30.9. The van der Waals surface area contributed by atoms with E-state index in [1.54, 1.807) is 0 Å². The number of pyridine rings is 2. The monoisotopic (exact) mass is 463 g/mol. The average molecular weight is 464 g/mol. The minimum atomic E-state index is -3.09. The van der Waals surface area contributed by atoms with Crippen LogP contribution in [0.25, 0.3) is 21.9 Å². The second-order valence-electron chi connectivity index (χ2n) is 5.78. The van der Waals surface area contributed by atoms with Gasteiger partial charge in [0.05, 0.1) is 16.3 Å². The van der Waals surface area contributed by atoms with Gasteiger partial charge in [0, 0.05) is 29.4 Å². The number of benzene rings is 1. The third kappa shape index (κ3) is 4.03. The number of carbonyl (C=O) groups is 1. The van der Waals surface area contributed by atoms with Gasteiger partial charge in [-0.1, -0.05) is 23.2 Å². The van der Waals surface area contributed by atoms with E-state index in [9.17, 15) is 18.4 Å². The number of furan rings is 1. The molecule has 0 aliphatic heterocycles. The van der Waals surface area contributed by atoms with E-state index in [-0.39, 0.29) is 69.0 Å². The minimum Gasteiger partial charge on any atom is -1.00 e. The maximum absolute atomic E-state index is 12.9. The molecule has 0 saturated carbocycles. The predicted octanol–water partition coefficient (Wildman–Crippen LogP) is 1.95. The number of carbonyl (C=O) groups excluding carboxylic acids is 1. The molecule has 1 amide bonds. The number of anilines is 1. The van der Waals surface area contributed by atoms with E-state index in [0.717, 1.165) is 0 Å². The van der Waals surface area contributed by atoms with Gasteiger partial charge >= 0.3 is 36.2 Å². The fourth-order valence-electron chi connectivity index (χ4n) is 2.86. The maximum Gasteiger partial charge on any atom is 1.00 e. The van der Waals surface area contributed by atoms with Gasteiger partial charge in [-0.2, -0.15) is 8.78 Å². The van der Waals surface area contributed by atoms with Crippen LogP contribution >= 0.6 is 23.2 Å². The first-order chi connectivity index (χ1) is 13.9. The molecule has 1 aromatic carbocycles. The summed E-state index contributed by atoms with van der Waals surface area (Å²) in [5.41, 5.74) is -0.407. The van der Waals surface area contributed by atoms with Crippen LogP contribution < -0.4 is 45.2 Å². The molecule has 150 valence electrons. The molecule has 0 aliphatic carbocycles. The second kappa shape index (κ2) is 8.91. The number of halogens is 4. The van der Waals surface area contributed by atoms with E-state index in [2.05, 4.69) is 20.0 Å². The van der Waals surface area contributed by atoms with Crippen LogP contribution in [0.15, 0.2) is 46.0 Å². The molecule has 12 heteroatoms. The Balaban J connectivity index is 0.00000171. The zero-order valence-electron chi connectivity index (χ0n) is 16.1. The molecule has 0 saturated heterocycles. The van der Waals surface area contributed by atoms with Crippen molar-refractivity contribution in [1.29, 1.82) is 0 Å². The number of alkyl halides is 2. The number of hydrogen-bond donors (Lipinski definition) is 2. The minimum absolute atomic E-state index is 0. The topological polar surface area (TPSA) is 97.2 Å². The van der Waals surface area contributed by atoms with Crippen LogP contribution in [0.1, 0.15) is 11.8 Å². The number of hydrogen-bond acceptors (Lipinski definition) is 5. The summed E-state index contributed by atoms with van der Waals surface area (Å²) >= 11 is 11.9. The summed E-state index contributed by atoms with van der Waals surface area (Å²) in [6.45, 7) is -3.09. The van der Waals surface area contributed by atoms with Gasteiger partial charge in [0.2, 0.25) is 0 Å². The fourth-order valence-corrected chi connectivity index (χ4v) is 3.31. The van der Waals surface area contributed by atoms with Crippen LogP contribution in [-0.4, -0.2) is 22.5 Å². The summed E-state index contributed by atoms with van der Waals surface area (Å²) in [7, 11) is 0. The molecule has 0 bridgehead atoms. The van der Waals surface area contributed by atoms with Crippen molar-refractivity contribution >= 4 is 56.7 Å². The van der Waals surface area contributed by atoms with Crippen LogP contribution in [0, 0.1) is 0 Å². The molecule has 30 heavy (non-hydrogen) atoms. The van der Waals surface area contributed by atoms with Gasteiger partial charge in [-0.05, 0) is 18.2 Å². The Morgan fingerprint density at radius 1 is 1.30 bits per heavy atom. The largest absolute Gasteiger partial charge is 1.00 e. The standard InChI is InChI=1S/C18H9Cl2F2N3O4.Na.H/c19-9-6-24-17(27)13(20)14(9)25-16(26)7-1-2-11(29-18(21)22)15-12(7)8-5-23-4-3-10(8)28-15;;/h1-6,18H,(H2,24,25,26,27);;/q;+1;-1. The molecule has 3 heterocycles. The van der Waals surface area contributed by atoms with Crippen LogP contribution in [0.5, 0.6) is 5.75 Å². The van der Waals surface area contributed by atoms with Gasteiger partial charge in [-0.3, -0.25) is 14.6 Å². The number of rotatable bonds is 4. The Bertz CT molecular complexity index is 1330. The molecule has 7 nitrogen and oxygen atoms in total. The number of nitrogens with one attached hydrogen (secondary N) is 2. The van der Waals surface area contributed by atoms with Crippen molar-refractivity contribution < 1.29 is 53.7 Å². The van der Waals surface area contributed by atoms with E-state index in [1.165, 1.54) is 36.8 Å². The molecule has 4 rings (SSSR count). The number of fused-ring (bicyclic) bond motifs is 3. The zero-order chi connectivity index (χ0) is 20.7. The first-order valence-corrected chi connectivity index (χ1v) is 8.74. The summed E-state index contributed by atoms with van der Waals surface area (Å²) < 4.78 is 35.6. The number of ether oxygens (including phenoxy) is 1. The van der Waals surface area contributed by atoms with Crippen LogP contribution in [0.3, 0.4) is 0 Å². The summed E-state index contributed by atoms with van der Waals surface area (Å²) in [6.07, 6.45) is 4.06. The Kier molecular flexibility index (Phi) is 6.68. The Morgan fingerprint density at radius 2 is 2.07 bits per heavy atom. The first-order valence-electron chi connectivity index (χ1n) is 7.99. The molecule has 0 fully saturated rings. The third-order valence-corrected chi connectivity index (χ3v) is 4.73. The number of amides is 1. The molecular weight excluding hydrogens is 454 g/mol. The van der Waals surface area contributed by atoms with Crippen molar-refractivity contribution in [2.75, 3.05) is 5.32 Å². The number of H-pyrrole nitrogens is 1. The Labute approximate surface area is 200 Å². The Hall–Kier alpha value is -2.17. The molecule has 0 aliphatic rings. The zero-order valence-corrected chi connectivity index (χ0v) is 18.6. The SMILES string of the molecule is O=C(Nc1c(Cl)c[nH]c(=O)c1Cl)c1ccc(OC(F)F)c2oc3ccncc3c12.[H-].[Na+]. The van der Waals surface area contributed by atoms with Gasteiger partial charge < -0.3 is 20.9 Å². The quantitative estimate of drug-likeness (QED) is 0.451. The van der Waals surface area contributed by atoms with Gasteiger partial charge in [0.15, 0.2) is 11.3 Å². The van der Waals surface area contributed by atoms with Gasteiger partial charge in [-0.25, -0.2) is 0 Å². The van der Waals surface area contributed by atoms with E-state index in [1.807, 2.05) is 0 Å². The number of aromatic amines is 1. The number of aromatic nitrogens is 2. The Morgan fingerprint density at radius 3 is 2.80 bits per heavy atom. The number of nitrogens with zero attached hydrogens (tertiary/aromatic N) is 1. The predicted molar refractivity (Wildman–Crippen MR) is 104 cm³/mol. The van der Waals surface area contributed by atoms with E-state index in [0.29, 0.717) is 11.0 Å². The maximum atomic E-state index is 12.9. The molecule has 3 aromatic heterocycles. The summed E-state index contributed by atoms with van der Waals surface area (Å²) in [5.74, 6) is -0.936. The van der Waals surface area contributed by atoms with Crippen molar-refractivity contribution in [2.45, 2.75) is 6.61 Å². The molecule has 2 N–H and O–H groups in total. The van der Waals surface area contributed by atoms with Gasteiger partial charge in [-0.15, -0.1) is 0 Å². The molecule has 4 aromatic rings. The fraction of sp³-hybridized carbons (Fsp3) is 0.0556.